The fourth-order valence-corrected chi connectivity index (χ4v) is 2.14. The van der Waals surface area contributed by atoms with Gasteiger partial charge in [0, 0.05) is 18.8 Å². The zero-order valence-corrected chi connectivity index (χ0v) is 9.88. The maximum atomic E-state index is 5.98. The third kappa shape index (κ3) is 1.49. The van der Waals surface area contributed by atoms with Crippen molar-refractivity contribution in [2.45, 2.75) is 38.9 Å². The van der Waals surface area contributed by atoms with Gasteiger partial charge in [-0.05, 0) is 27.7 Å². The van der Waals surface area contributed by atoms with Crippen molar-refractivity contribution in [3.8, 4) is 0 Å². The van der Waals surface area contributed by atoms with Crippen molar-refractivity contribution in [3.05, 3.63) is 17.5 Å². The predicted molar refractivity (Wildman–Crippen MR) is 58.7 cm³/mol. The SMILES string of the molecule is CNc1ncc2c(n1)C(C)(C)OC2(C)C. The van der Waals surface area contributed by atoms with Crippen molar-refractivity contribution < 1.29 is 4.74 Å². The Morgan fingerprint density at radius 3 is 2.47 bits per heavy atom. The van der Waals surface area contributed by atoms with Crippen LogP contribution in [0, 0.1) is 0 Å². The molecule has 1 aromatic rings. The van der Waals surface area contributed by atoms with Gasteiger partial charge in [0.15, 0.2) is 0 Å². The Morgan fingerprint density at radius 2 is 1.87 bits per heavy atom. The first kappa shape index (κ1) is 10.4. The van der Waals surface area contributed by atoms with Crippen LogP contribution in [0.15, 0.2) is 6.20 Å². The minimum atomic E-state index is -0.340. The number of fused-ring (bicyclic) bond motifs is 1. The molecule has 0 saturated carbocycles. The normalized spacial score (nSPS) is 21.1. The molecule has 0 radical (unpaired) electrons. The van der Waals surface area contributed by atoms with Gasteiger partial charge in [-0.25, -0.2) is 9.97 Å². The van der Waals surface area contributed by atoms with E-state index in [2.05, 4.69) is 15.3 Å². The van der Waals surface area contributed by atoms with Crippen molar-refractivity contribution in [2.24, 2.45) is 0 Å². The third-order valence-corrected chi connectivity index (χ3v) is 2.74. The number of hydrogen-bond donors (Lipinski definition) is 1. The molecule has 2 heterocycles. The lowest BCUT2D eigenvalue weighted by Crippen LogP contribution is -2.22. The van der Waals surface area contributed by atoms with E-state index in [0.717, 1.165) is 11.3 Å². The van der Waals surface area contributed by atoms with Crippen LogP contribution in [0.1, 0.15) is 39.0 Å². The standard InChI is InChI=1S/C11H17N3O/c1-10(2)7-6-13-9(12-5)14-8(7)11(3,4)15-10/h6H,1-5H3,(H,12,13,14). The number of anilines is 1. The molecule has 0 amide bonds. The number of aromatic nitrogens is 2. The maximum absolute atomic E-state index is 5.98. The van der Waals surface area contributed by atoms with E-state index in [1.807, 2.05) is 40.9 Å². The lowest BCUT2D eigenvalue weighted by Gasteiger charge is -2.23. The Morgan fingerprint density at radius 1 is 1.20 bits per heavy atom. The number of ether oxygens (including phenoxy) is 1. The highest BCUT2D eigenvalue weighted by Gasteiger charge is 2.44. The zero-order chi connectivity index (χ0) is 11.3. The third-order valence-electron chi connectivity index (χ3n) is 2.74. The predicted octanol–water partition coefficient (Wildman–Crippen LogP) is 2.02. The summed E-state index contributed by atoms with van der Waals surface area (Å²) >= 11 is 0. The molecule has 1 N–H and O–H groups in total. The topological polar surface area (TPSA) is 47.0 Å². The average molecular weight is 207 g/mol. The Balaban J connectivity index is 2.60. The van der Waals surface area contributed by atoms with Crippen LogP contribution in [0.25, 0.3) is 0 Å². The lowest BCUT2D eigenvalue weighted by atomic mass is 9.97. The molecule has 0 fully saturated rings. The van der Waals surface area contributed by atoms with E-state index in [1.54, 1.807) is 0 Å². The summed E-state index contributed by atoms with van der Waals surface area (Å²) in [6, 6.07) is 0. The molecule has 15 heavy (non-hydrogen) atoms. The molecule has 0 atom stereocenters. The molecule has 0 bridgehead atoms. The summed E-state index contributed by atoms with van der Waals surface area (Å²) in [6.45, 7) is 8.16. The minimum absolute atomic E-state index is 0.300. The first-order valence-corrected chi connectivity index (χ1v) is 5.13. The second kappa shape index (κ2) is 2.92. The van der Waals surface area contributed by atoms with Crippen LogP contribution in [0.5, 0.6) is 0 Å². The first-order chi connectivity index (χ1) is 6.87. The van der Waals surface area contributed by atoms with E-state index < -0.39 is 0 Å². The van der Waals surface area contributed by atoms with E-state index in [-0.39, 0.29) is 11.2 Å². The molecule has 0 unspecified atom stereocenters. The summed E-state index contributed by atoms with van der Waals surface area (Å²) in [5, 5.41) is 2.94. The van der Waals surface area contributed by atoms with Gasteiger partial charge >= 0.3 is 0 Å². The Hall–Kier alpha value is -1.16. The van der Waals surface area contributed by atoms with Crippen LogP contribution < -0.4 is 5.32 Å². The molecule has 82 valence electrons. The van der Waals surface area contributed by atoms with E-state index >= 15 is 0 Å². The molecule has 1 aliphatic heterocycles. The second-order valence-electron chi connectivity index (χ2n) is 4.83. The Kier molecular flexibility index (Phi) is 2.01. The molecule has 0 saturated heterocycles. The second-order valence-corrected chi connectivity index (χ2v) is 4.83. The summed E-state index contributed by atoms with van der Waals surface area (Å²) in [7, 11) is 1.82. The number of hydrogen-bond acceptors (Lipinski definition) is 4. The van der Waals surface area contributed by atoms with Crippen LogP contribution >= 0.6 is 0 Å². The number of nitrogens with zero attached hydrogens (tertiary/aromatic N) is 2. The number of nitrogens with one attached hydrogen (secondary N) is 1. The molecular weight excluding hydrogens is 190 g/mol. The highest BCUT2D eigenvalue weighted by molar-refractivity contribution is 5.37. The lowest BCUT2D eigenvalue weighted by molar-refractivity contribution is -0.106. The van der Waals surface area contributed by atoms with Crippen molar-refractivity contribution in [3.63, 3.8) is 0 Å². The van der Waals surface area contributed by atoms with Gasteiger partial charge in [0.2, 0.25) is 5.95 Å². The van der Waals surface area contributed by atoms with Gasteiger partial charge in [-0.15, -0.1) is 0 Å². The molecule has 0 aliphatic carbocycles. The quantitative estimate of drug-likeness (QED) is 0.765. The summed E-state index contributed by atoms with van der Waals surface area (Å²) in [4.78, 5) is 8.70. The fraction of sp³-hybridized carbons (Fsp3) is 0.636. The Labute approximate surface area is 90.1 Å². The van der Waals surface area contributed by atoms with E-state index in [9.17, 15) is 0 Å². The van der Waals surface area contributed by atoms with Gasteiger partial charge in [-0.3, -0.25) is 0 Å². The van der Waals surface area contributed by atoms with Gasteiger partial charge in [0.1, 0.15) is 5.60 Å². The maximum Gasteiger partial charge on any atom is 0.222 e. The smallest absolute Gasteiger partial charge is 0.222 e. The van der Waals surface area contributed by atoms with Gasteiger partial charge < -0.3 is 10.1 Å². The van der Waals surface area contributed by atoms with E-state index in [0.29, 0.717) is 5.95 Å². The summed E-state index contributed by atoms with van der Waals surface area (Å²) in [5.41, 5.74) is 1.41. The van der Waals surface area contributed by atoms with Crippen LogP contribution in [-0.4, -0.2) is 17.0 Å². The van der Waals surface area contributed by atoms with Gasteiger partial charge in [-0.2, -0.15) is 0 Å². The molecule has 1 aliphatic rings. The van der Waals surface area contributed by atoms with Gasteiger partial charge in [0.05, 0.1) is 11.3 Å². The van der Waals surface area contributed by atoms with Crippen molar-refractivity contribution >= 4 is 5.95 Å². The summed E-state index contributed by atoms with van der Waals surface area (Å²) < 4.78 is 5.98. The average Bonchev–Trinajstić information content (AvgIpc) is 2.32. The van der Waals surface area contributed by atoms with Crippen LogP contribution in [0.3, 0.4) is 0 Å². The molecule has 0 aromatic carbocycles. The summed E-state index contributed by atoms with van der Waals surface area (Å²) in [6.07, 6.45) is 1.85. The fourth-order valence-electron chi connectivity index (χ4n) is 2.14. The molecule has 4 nitrogen and oxygen atoms in total. The minimum Gasteiger partial charge on any atom is -0.359 e. The molecular formula is C11H17N3O. The van der Waals surface area contributed by atoms with Crippen LogP contribution in [0.4, 0.5) is 5.95 Å². The van der Waals surface area contributed by atoms with E-state index in [4.69, 9.17) is 4.74 Å². The monoisotopic (exact) mass is 207 g/mol. The number of rotatable bonds is 1. The zero-order valence-electron chi connectivity index (χ0n) is 9.88. The molecule has 2 rings (SSSR count). The summed E-state index contributed by atoms with van der Waals surface area (Å²) in [5.74, 6) is 0.642. The highest BCUT2D eigenvalue weighted by atomic mass is 16.5. The van der Waals surface area contributed by atoms with E-state index in [1.165, 1.54) is 0 Å². The van der Waals surface area contributed by atoms with Gasteiger partial charge in [0.25, 0.3) is 0 Å². The van der Waals surface area contributed by atoms with Crippen LogP contribution in [0.2, 0.25) is 0 Å². The first-order valence-electron chi connectivity index (χ1n) is 5.13. The highest BCUT2D eigenvalue weighted by Crippen LogP contribution is 2.45. The van der Waals surface area contributed by atoms with Gasteiger partial charge in [-0.1, -0.05) is 0 Å². The molecule has 4 heteroatoms. The van der Waals surface area contributed by atoms with Crippen molar-refractivity contribution in [1.29, 1.82) is 0 Å². The molecule has 1 aromatic heterocycles. The molecule has 0 spiro atoms. The van der Waals surface area contributed by atoms with Crippen LogP contribution in [-0.2, 0) is 15.9 Å². The Bertz CT molecular complexity index is 399. The van der Waals surface area contributed by atoms with Crippen molar-refractivity contribution in [2.75, 3.05) is 12.4 Å². The van der Waals surface area contributed by atoms with Crippen molar-refractivity contribution in [1.82, 2.24) is 9.97 Å². The largest absolute Gasteiger partial charge is 0.359 e.